The number of rotatable bonds is 5. The number of anilines is 1. The van der Waals surface area contributed by atoms with Crippen molar-refractivity contribution in [2.24, 2.45) is 0 Å². The highest BCUT2D eigenvalue weighted by Gasteiger charge is 2.05. The van der Waals surface area contributed by atoms with Gasteiger partial charge in [-0.1, -0.05) is 12.1 Å². The van der Waals surface area contributed by atoms with E-state index < -0.39 is 0 Å². The molecule has 5 nitrogen and oxygen atoms in total. The molecule has 0 fully saturated rings. The topological polar surface area (TPSA) is 62.0 Å². The van der Waals surface area contributed by atoms with Gasteiger partial charge in [0.05, 0.1) is 7.11 Å². The Labute approximate surface area is 118 Å². The highest BCUT2D eigenvalue weighted by Crippen LogP contribution is 2.12. The molecular formula is C15H16N4O. The molecule has 0 aliphatic rings. The van der Waals surface area contributed by atoms with Crippen LogP contribution < -0.4 is 9.64 Å². The minimum atomic E-state index is 0.381. The predicted molar refractivity (Wildman–Crippen MR) is 76.7 cm³/mol. The second-order valence-corrected chi connectivity index (χ2v) is 4.37. The molecule has 20 heavy (non-hydrogen) atoms. The fourth-order valence-electron chi connectivity index (χ4n) is 1.78. The number of hydrogen-bond donors (Lipinski definition) is 0. The molecule has 0 saturated heterocycles. The van der Waals surface area contributed by atoms with Gasteiger partial charge in [0, 0.05) is 19.8 Å². The summed E-state index contributed by atoms with van der Waals surface area (Å²) < 4.78 is 5.13. The molecule has 0 bridgehead atoms. The van der Waals surface area contributed by atoms with E-state index >= 15 is 0 Å². The Morgan fingerprint density at radius 1 is 1.25 bits per heavy atom. The molecule has 0 atom stereocenters. The molecule has 2 rings (SSSR count). The zero-order chi connectivity index (χ0) is 14.4. The maximum Gasteiger partial charge on any atom is 0.226 e. The van der Waals surface area contributed by atoms with Gasteiger partial charge in [-0.05, 0) is 30.2 Å². The summed E-state index contributed by atoms with van der Waals surface area (Å²) in [6.45, 7) is 0.779. The standard InChI is InChI=1S/C15H16N4O/c1-19(15-17-9-7-13(11-16)18-15)10-8-12-3-5-14(20-2)6-4-12/h3-7,9H,8,10H2,1-2H3. The van der Waals surface area contributed by atoms with Crippen LogP contribution in [0.2, 0.25) is 0 Å². The molecule has 0 spiro atoms. The molecule has 5 heteroatoms. The summed E-state index contributed by atoms with van der Waals surface area (Å²) >= 11 is 0. The number of benzene rings is 1. The van der Waals surface area contributed by atoms with Crippen LogP contribution >= 0.6 is 0 Å². The molecule has 1 aromatic carbocycles. The third-order valence-corrected chi connectivity index (χ3v) is 2.99. The molecule has 0 unspecified atom stereocenters. The third kappa shape index (κ3) is 3.45. The second-order valence-electron chi connectivity index (χ2n) is 4.37. The highest BCUT2D eigenvalue weighted by molar-refractivity contribution is 5.33. The van der Waals surface area contributed by atoms with Crippen molar-refractivity contribution >= 4 is 5.95 Å². The number of nitrogens with zero attached hydrogens (tertiary/aromatic N) is 4. The molecule has 102 valence electrons. The van der Waals surface area contributed by atoms with E-state index in [1.165, 1.54) is 5.56 Å². The Hall–Kier alpha value is -2.61. The molecule has 2 aromatic rings. The van der Waals surface area contributed by atoms with E-state index in [1.54, 1.807) is 19.4 Å². The minimum absolute atomic E-state index is 0.381. The average Bonchev–Trinajstić information content (AvgIpc) is 2.53. The smallest absolute Gasteiger partial charge is 0.226 e. The van der Waals surface area contributed by atoms with Crippen LogP contribution in [0.5, 0.6) is 5.75 Å². The first-order valence-electron chi connectivity index (χ1n) is 6.30. The molecule has 0 saturated carbocycles. The van der Waals surface area contributed by atoms with Gasteiger partial charge in [-0.25, -0.2) is 9.97 Å². The van der Waals surface area contributed by atoms with E-state index in [1.807, 2.05) is 42.3 Å². The third-order valence-electron chi connectivity index (χ3n) is 2.99. The van der Waals surface area contributed by atoms with Crippen LogP contribution in [0.4, 0.5) is 5.95 Å². The van der Waals surface area contributed by atoms with E-state index in [2.05, 4.69) is 9.97 Å². The Kier molecular flexibility index (Phi) is 4.51. The Bertz CT molecular complexity index is 604. The largest absolute Gasteiger partial charge is 0.497 e. The summed E-state index contributed by atoms with van der Waals surface area (Å²) in [4.78, 5) is 10.3. The lowest BCUT2D eigenvalue weighted by Gasteiger charge is -2.16. The Morgan fingerprint density at radius 2 is 2.00 bits per heavy atom. The van der Waals surface area contributed by atoms with Gasteiger partial charge in [-0.3, -0.25) is 0 Å². The lowest BCUT2D eigenvalue weighted by Crippen LogP contribution is -2.22. The maximum atomic E-state index is 8.83. The summed E-state index contributed by atoms with van der Waals surface area (Å²) in [5.74, 6) is 1.42. The van der Waals surface area contributed by atoms with Crippen LogP contribution in [0.3, 0.4) is 0 Å². The quantitative estimate of drug-likeness (QED) is 0.830. The number of nitriles is 1. The zero-order valence-electron chi connectivity index (χ0n) is 11.6. The molecule has 1 heterocycles. The van der Waals surface area contributed by atoms with Gasteiger partial charge in [0.15, 0.2) is 0 Å². The number of likely N-dealkylation sites (N-methyl/N-ethyl adjacent to an activating group) is 1. The first-order chi connectivity index (χ1) is 9.72. The summed E-state index contributed by atoms with van der Waals surface area (Å²) in [7, 11) is 3.57. The Morgan fingerprint density at radius 3 is 2.65 bits per heavy atom. The lowest BCUT2D eigenvalue weighted by molar-refractivity contribution is 0.414. The molecular weight excluding hydrogens is 252 g/mol. The van der Waals surface area contributed by atoms with Gasteiger partial charge in [0.25, 0.3) is 0 Å². The molecule has 0 aliphatic heterocycles. The SMILES string of the molecule is COc1ccc(CCN(C)c2nccc(C#N)n2)cc1. The molecule has 0 amide bonds. The zero-order valence-corrected chi connectivity index (χ0v) is 11.6. The van der Waals surface area contributed by atoms with Crippen molar-refractivity contribution < 1.29 is 4.74 Å². The Balaban J connectivity index is 1.97. The fraction of sp³-hybridized carbons (Fsp3) is 0.267. The number of aromatic nitrogens is 2. The van der Waals surface area contributed by atoms with Crippen molar-refractivity contribution in [1.82, 2.24) is 9.97 Å². The molecule has 1 aromatic heterocycles. The average molecular weight is 268 g/mol. The molecule has 0 radical (unpaired) electrons. The molecule has 0 N–H and O–H groups in total. The first kappa shape index (κ1) is 13.8. The molecule has 0 aliphatic carbocycles. The van der Waals surface area contributed by atoms with Gasteiger partial charge in [0.1, 0.15) is 17.5 Å². The van der Waals surface area contributed by atoms with E-state index in [9.17, 15) is 0 Å². The monoisotopic (exact) mass is 268 g/mol. The van der Waals surface area contributed by atoms with Crippen LogP contribution in [0, 0.1) is 11.3 Å². The van der Waals surface area contributed by atoms with Crippen molar-refractivity contribution in [3.63, 3.8) is 0 Å². The van der Waals surface area contributed by atoms with E-state index in [-0.39, 0.29) is 0 Å². The number of ether oxygens (including phenoxy) is 1. The van der Waals surface area contributed by atoms with Gasteiger partial charge < -0.3 is 9.64 Å². The van der Waals surface area contributed by atoms with Crippen LogP contribution in [0.1, 0.15) is 11.3 Å². The van der Waals surface area contributed by atoms with Gasteiger partial charge in [-0.2, -0.15) is 5.26 Å². The number of methoxy groups -OCH3 is 1. The highest BCUT2D eigenvalue weighted by atomic mass is 16.5. The minimum Gasteiger partial charge on any atom is -0.497 e. The van der Waals surface area contributed by atoms with E-state index in [4.69, 9.17) is 10.00 Å². The van der Waals surface area contributed by atoms with Gasteiger partial charge in [0.2, 0.25) is 5.95 Å². The van der Waals surface area contributed by atoms with Gasteiger partial charge in [-0.15, -0.1) is 0 Å². The summed E-state index contributed by atoms with van der Waals surface area (Å²) in [5, 5.41) is 8.83. The summed E-state index contributed by atoms with van der Waals surface area (Å²) in [5.41, 5.74) is 1.60. The normalized spacial score (nSPS) is 9.85. The van der Waals surface area contributed by atoms with E-state index in [0.29, 0.717) is 11.6 Å². The maximum absolute atomic E-state index is 8.83. The van der Waals surface area contributed by atoms with Gasteiger partial charge >= 0.3 is 0 Å². The first-order valence-corrected chi connectivity index (χ1v) is 6.30. The van der Waals surface area contributed by atoms with Crippen LogP contribution in [0.15, 0.2) is 36.5 Å². The fourth-order valence-corrected chi connectivity index (χ4v) is 1.78. The summed E-state index contributed by atoms with van der Waals surface area (Å²) in [6, 6.07) is 11.6. The lowest BCUT2D eigenvalue weighted by atomic mass is 10.1. The van der Waals surface area contributed by atoms with E-state index in [0.717, 1.165) is 18.7 Å². The van der Waals surface area contributed by atoms with Crippen molar-refractivity contribution in [1.29, 1.82) is 5.26 Å². The summed E-state index contributed by atoms with van der Waals surface area (Å²) in [6.07, 6.45) is 2.48. The van der Waals surface area contributed by atoms with Crippen molar-refractivity contribution in [2.75, 3.05) is 25.6 Å². The van der Waals surface area contributed by atoms with Crippen molar-refractivity contribution in [3.05, 3.63) is 47.8 Å². The van der Waals surface area contributed by atoms with Crippen LogP contribution in [-0.2, 0) is 6.42 Å². The van der Waals surface area contributed by atoms with Crippen molar-refractivity contribution in [3.8, 4) is 11.8 Å². The van der Waals surface area contributed by atoms with Crippen LogP contribution in [0.25, 0.3) is 0 Å². The van der Waals surface area contributed by atoms with Crippen LogP contribution in [-0.4, -0.2) is 30.7 Å². The predicted octanol–water partition coefficient (Wildman–Crippen LogP) is 2.04. The number of hydrogen-bond acceptors (Lipinski definition) is 5. The van der Waals surface area contributed by atoms with Crippen molar-refractivity contribution in [2.45, 2.75) is 6.42 Å². The second kappa shape index (κ2) is 6.53.